The molecule has 0 fully saturated rings. The van der Waals surface area contributed by atoms with Crippen LogP contribution in [0.15, 0.2) is 35.2 Å². The van der Waals surface area contributed by atoms with E-state index in [1.54, 1.807) is 0 Å². The van der Waals surface area contributed by atoms with E-state index in [0.29, 0.717) is 5.75 Å². The van der Waals surface area contributed by atoms with Crippen molar-refractivity contribution in [2.24, 2.45) is 0 Å². The number of benzene rings is 2. The predicted molar refractivity (Wildman–Crippen MR) is 96.8 cm³/mol. The molecule has 0 atom stereocenters. The number of methoxy groups -OCH3 is 2. The highest BCUT2D eigenvalue weighted by molar-refractivity contribution is 7.92. The molecule has 0 bridgehead atoms. The van der Waals surface area contributed by atoms with Crippen molar-refractivity contribution in [3.05, 3.63) is 45.9 Å². The molecule has 0 radical (unpaired) electrons. The molecule has 0 heterocycles. The number of halogens is 2. The lowest BCUT2D eigenvalue weighted by Crippen LogP contribution is -2.16. The van der Waals surface area contributed by atoms with E-state index in [1.807, 2.05) is 0 Å². The smallest absolute Gasteiger partial charge is 0.263 e. The number of carbonyl (C=O) groups excluding carboxylic acids is 1. The summed E-state index contributed by atoms with van der Waals surface area (Å²) in [6.45, 7) is 1.31. The minimum Gasteiger partial charge on any atom is -0.493 e. The second-order valence-electron chi connectivity index (χ2n) is 4.99. The highest BCUT2D eigenvalue weighted by Crippen LogP contribution is 2.35. The number of nitrogens with one attached hydrogen (secondary N) is 1. The van der Waals surface area contributed by atoms with Crippen molar-refractivity contribution in [3.8, 4) is 11.5 Å². The van der Waals surface area contributed by atoms with E-state index >= 15 is 0 Å². The van der Waals surface area contributed by atoms with Crippen LogP contribution in [-0.4, -0.2) is 28.4 Å². The summed E-state index contributed by atoms with van der Waals surface area (Å²) in [5.74, 6) is 0.217. The molecule has 0 saturated carbocycles. The van der Waals surface area contributed by atoms with Gasteiger partial charge in [0.1, 0.15) is 4.90 Å². The van der Waals surface area contributed by atoms with Crippen LogP contribution in [0.3, 0.4) is 0 Å². The molecule has 0 amide bonds. The molecule has 0 unspecified atom stereocenters. The molecule has 2 rings (SSSR count). The van der Waals surface area contributed by atoms with Crippen LogP contribution in [-0.2, 0) is 10.0 Å². The summed E-state index contributed by atoms with van der Waals surface area (Å²) in [4.78, 5) is 11.7. The number of carbonyl (C=O) groups is 1. The van der Waals surface area contributed by atoms with Crippen LogP contribution in [0.4, 0.5) is 5.69 Å². The Kier molecular flexibility index (Phi) is 5.82. The van der Waals surface area contributed by atoms with Gasteiger partial charge in [0, 0.05) is 16.7 Å². The average molecular weight is 404 g/mol. The number of ether oxygens (including phenoxy) is 2. The molecule has 0 aliphatic carbocycles. The average Bonchev–Trinajstić information content (AvgIpc) is 2.55. The third-order valence-electron chi connectivity index (χ3n) is 3.33. The second-order valence-corrected chi connectivity index (χ2v) is 7.48. The van der Waals surface area contributed by atoms with Crippen LogP contribution in [0.5, 0.6) is 11.5 Å². The maximum Gasteiger partial charge on any atom is 0.263 e. The largest absolute Gasteiger partial charge is 0.493 e. The Bertz CT molecular complexity index is 928. The van der Waals surface area contributed by atoms with Crippen molar-refractivity contribution in [1.82, 2.24) is 0 Å². The van der Waals surface area contributed by atoms with Crippen molar-refractivity contribution < 1.29 is 22.7 Å². The Balaban J connectivity index is 2.58. The first-order valence-electron chi connectivity index (χ1n) is 6.94. The van der Waals surface area contributed by atoms with Gasteiger partial charge in [0.25, 0.3) is 10.0 Å². The summed E-state index contributed by atoms with van der Waals surface area (Å²) in [5, 5.41) is 0.214. The zero-order chi connectivity index (χ0) is 18.8. The van der Waals surface area contributed by atoms with E-state index in [0.717, 1.165) is 0 Å². The number of anilines is 1. The molecule has 2 aromatic rings. The van der Waals surface area contributed by atoms with Gasteiger partial charge in [-0.2, -0.15) is 0 Å². The molecule has 0 aliphatic heterocycles. The fourth-order valence-electron chi connectivity index (χ4n) is 2.14. The molecule has 0 spiro atoms. The van der Waals surface area contributed by atoms with E-state index in [1.165, 1.54) is 51.5 Å². The lowest BCUT2D eigenvalue weighted by atomic mass is 10.1. The summed E-state index contributed by atoms with van der Waals surface area (Å²) in [5.41, 5.74) is 0.167. The Morgan fingerprint density at radius 3 is 2.20 bits per heavy atom. The standard InChI is InChI=1S/C16H15Cl2NO5S/c1-9(20)11-7-14(23-2)15(24-3)8-13(11)19-25(21,22)16-6-10(17)4-5-12(16)18/h4-8,19H,1-3H3. The summed E-state index contributed by atoms with van der Waals surface area (Å²) < 4.78 is 38.0. The monoisotopic (exact) mass is 403 g/mol. The van der Waals surface area contributed by atoms with Gasteiger partial charge in [-0.25, -0.2) is 8.42 Å². The van der Waals surface area contributed by atoms with E-state index < -0.39 is 10.0 Å². The lowest BCUT2D eigenvalue weighted by molar-refractivity contribution is 0.101. The predicted octanol–water partition coefficient (Wildman–Crippen LogP) is 4.01. The minimum absolute atomic E-state index is 0.00162. The fraction of sp³-hybridized carbons (Fsp3) is 0.188. The molecule has 2 aromatic carbocycles. The van der Waals surface area contributed by atoms with Gasteiger partial charge in [-0.1, -0.05) is 23.2 Å². The second kappa shape index (κ2) is 7.51. The molecule has 0 aromatic heterocycles. The highest BCUT2D eigenvalue weighted by Gasteiger charge is 2.22. The normalized spacial score (nSPS) is 11.1. The zero-order valence-electron chi connectivity index (χ0n) is 13.6. The number of rotatable bonds is 6. The summed E-state index contributed by atoms with van der Waals surface area (Å²) in [6.07, 6.45) is 0. The lowest BCUT2D eigenvalue weighted by Gasteiger charge is -2.16. The van der Waals surface area contributed by atoms with Crippen LogP contribution in [0.2, 0.25) is 10.0 Å². The molecule has 1 N–H and O–H groups in total. The van der Waals surface area contributed by atoms with Gasteiger partial charge >= 0.3 is 0 Å². The third kappa shape index (κ3) is 4.18. The van der Waals surface area contributed by atoms with Crippen molar-refractivity contribution in [3.63, 3.8) is 0 Å². The van der Waals surface area contributed by atoms with Gasteiger partial charge in [0.15, 0.2) is 17.3 Å². The Morgan fingerprint density at radius 2 is 1.64 bits per heavy atom. The van der Waals surface area contributed by atoms with Crippen LogP contribution in [0, 0.1) is 0 Å². The number of sulfonamides is 1. The highest BCUT2D eigenvalue weighted by atomic mass is 35.5. The first-order valence-corrected chi connectivity index (χ1v) is 9.18. The van der Waals surface area contributed by atoms with Gasteiger partial charge in [-0.15, -0.1) is 0 Å². The van der Waals surface area contributed by atoms with Crippen molar-refractivity contribution >= 4 is 44.7 Å². The fourth-order valence-corrected chi connectivity index (χ4v) is 3.97. The van der Waals surface area contributed by atoms with E-state index in [-0.39, 0.29) is 37.7 Å². The van der Waals surface area contributed by atoms with E-state index in [9.17, 15) is 13.2 Å². The molecule has 9 heteroatoms. The van der Waals surface area contributed by atoms with Crippen molar-refractivity contribution in [2.75, 3.05) is 18.9 Å². The molecular weight excluding hydrogens is 389 g/mol. The molecule has 0 saturated heterocycles. The van der Waals surface area contributed by atoms with Crippen LogP contribution < -0.4 is 14.2 Å². The minimum atomic E-state index is -4.08. The number of ketones is 1. The Morgan fingerprint density at radius 1 is 1.04 bits per heavy atom. The topological polar surface area (TPSA) is 81.7 Å². The van der Waals surface area contributed by atoms with E-state index in [4.69, 9.17) is 32.7 Å². The molecule has 134 valence electrons. The number of Topliss-reactive ketones (excluding diaryl/α,β-unsaturated/α-hetero) is 1. The van der Waals surface area contributed by atoms with Crippen molar-refractivity contribution in [2.45, 2.75) is 11.8 Å². The van der Waals surface area contributed by atoms with E-state index in [2.05, 4.69) is 4.72 Å². The number of hydrogen-bond acceptors (Lipinski definition) is 5. The van der Waals surface area contributed by atoms with Crippen LogP contribution in [0.1, 0.15) is 17.3 Å². The van der Waals surface area contributed by atoms with Crippen molar-refractivity contribution in [1.29, 1.82) is 0 Å². The first kappa shape index (κ1) is 19.4. The Labute approximate surface area is 155 Å². The molecular formula is C16H15Cl2NO5S. The van der Waals surface area contributed by atoms with Crippen LogP contribution >= 0.6 is 23.2 Å². The summed E-state index contributed by atoms with van der Waals surface area (Å²) >= 11 is 11.8. The quantitative estimate of drug-likeness (QED) is 0.736. The summed E-state index contributed by atoms with van der Waals surface area (Å²) in [7, 11) is -1.27. The Hall–Kier alpha value is -1.96. The zero-order valence-corrected chi connectivity index (χ0v) is 15.9. The van der Waals surface area contributed by atoms with Crippen LogP contribution in [0.25, 0.3) is 0 Å². The molecule has 6 nitrogen and oxygen atoms in total. The van der Waals surface area contributed by atoms with Gasteiger partial charge in [0.2, 0.25) is 0 Å². The van der Waals surface area contributed by atoms with Gasteiger partial charge < -0.3 is 9.47 Å². The van der Waals surface area contributed by atoms with Gasteiger partial charge in [-0.05, 0) is 31.2 Å². The number of hydrogen-bond donors (Lipinski definition) is 1. The van der Waals surface area contributed by atoms with Gasteiger partial charge in [-0.3, -0.25) is 9.52 Å². The summed E-state index contributed by atoms with van der Waals surface area (Å²) in [6, 6.07) is 6.84. The van der Waals surface area contributed by atoms with Gasteiger partial charge in [0.05, 0.1) is 24.9 Å². The molecule has 0 aliphatic rings. The first-order chi connectivity index (χ1) is 11.7. The molecule has 25 heavy (non-hydrogen) atoms. The SMILES string of the molecule is COc1cc(NS(=O)(=O)c2cc(Cl)ccc2Cl)c(C(C)=O)cc1OC. The maximum absolute atomic E-state index is 12.7. The maximum atomic E-state index is 12.7. The third-order valence-corrected chi connectivity index (χ3v) is 5.41.